The second kappa shape index (κ2) is 4.33. The molecule has 0 spiro atoms. The van der Waals surface area contributed by atoms with Crippen LogP contribution in [0.25, 0.3) is 11.0 Å². The summed E-state index contributed by atoms with van der Waals surface area (Å²) in [7, 11) is 0. The molecule has 0 bridgehead atoms. The highest BCUT2D eigenvalue weighted by molar-refractivity contribution is 5.82. The van der Waals surface area contributed by atoms with Gasteiger partial charge in [0, 0.05) is 25.2 Å². The van der Waals surface area contributed by atoms with E-state index in [0.29, 0.717) is 13.2 Å². The van der Waals surface area contributed by atoms with E-state index in [1.165, 1.54) is 19.3 Å². The third-order valence-corrected chi connectivity index (χ3v) is 3.79. The van der Waals surface area contributed by atoms with Crippen LogP contribution in [0.3, 0.4) is 0 Å². The van der Waals surface area contributed by atoms with Crippen molar-refractivity contribution in [1.82, 2.24) is 9.97 Å². The number of H-pyrrole nitrogens is 1. The number of aromatic amines is 1. The smallest absolute Gasteiger partial charge is 0.203 e. The highest BCUT2D eigenvalue weighted by Gasteiger charge is 2.18. The molecule has 19 heavy (non-hydrogen) atoms. The summed E-state index contributed by atoms with van der Waals surface area (Å²) in [6.07, 6.45) is 3.83. The molecule has 0 unspecified atom stereocenters. The molecule has 100 valence electrons. The molecule has 2 aromatic rings. The molecule has 2 aliphatic heterocycles. The van der Waals surface area contributed by atoms with Crippen LogP contribution in [0.5, 0.6) is 11.5 Å². The zero-order chi connectivity index (χ0) is 12.7. The van der Waals surface area contributed by atoms with Gasteiger partial charge in [-0.3, -0.25) is 0 Å². The van der Waals surface area contributed by atoms with Crippen molar-refractivity contribution >= 4 is 17.0 Å². The average molecular weight is 259 g/mol. The van der Waals surface area contributed by atoms with Crippen LogP contribution in [0.1, 0.15) is 19.3 Å². The summed E-state index contributed by atoms with van der Waals surface area (Å²) in [5, 5.41) is 0. The lowest BCUT2D eigenvalue weighted by atomic mass is 10.1. The molecule has 1 saturated heterocycles. The minimum Gasteiger partial charge on any atom is -0.486 e. The SMILES string of the molecule is c1c2c(cc3[nH]c(N4CCCCC4)nc13)OCCO2. The summed E-state index contributed by atoms with van der Waals surface area (Å²) in [5.41, 5.74) is 1.97. The molecule has 0 radical (unpaired) electrons. The Balaban J connectivity index is 1.73. The first kappa shape index (κ1) is 11.0. The quantitative estimate of drug-likeness (QED) is 0.854. The van der Waals surface area contributed by atoms with Crippen LogP contribution in [0.15, 0.2) is 12.1 Å². The fraction of sp³-hybridized carbons (Fsp3) is 0.500. The van der Waals surface area contributed by atoms with Gasteiger partial charge in [0.05, 0.1) is 11.0 Å². The minimum absolute atomic E-state index is 0.613. The Hall–Kier alpha value is -1.91. The molecule has 5 heteroatoms. The van der Waals surface area contributed by atoms with Crippen molar-refractivity contribution in [3.8, 4) is 11.5 Å². The molecule has 1 fully saturated rings. The molecule has 0 aliphatic carbocycles. The number of anilines is 1. The third-order valence-electron chi connectivity index (χ3n) is 3.79. The lowest BCUT2D eigenvalue weighted by Crippen LogP contribution is -2.30. The summed E-state index contributed by atoms with van der Waals surface area (Å²) in [6.45, 7) is 3.41. The Morgan fingerprint density at radius 1 is 1.00 bits per heavy atom. The number of aromatic nitrogens is 2. The van der Waals surface area contributed by atoms with E-state index < -0.39 is 0 Å². The van der Waals surface area contributed by atoms with Gasteiger partial charge >= 0.3 is 0 Å². The summed E-state index contributed by atoms with van der Waals surface area (Å²) >= 11 is 0. The fourth-order valence-electron chi connectivity index (χ4n) is 2.79. The predicted molar refractivity (Wildman–Crippen MR) is 73.1 cm³/mol. The number of piperidine rings is 1. The van der Waals surface area contributed by atoms with Gasteiger partial charge in [-0.15, -0.1) is 0 Å². The first-order valence-corrected chi connectivity index (χ1v) is 6.94. The number of benzene rings is 1. The van der Waals surface area contributed by atoms with E-state index in [4.69, 9.17) is 9.47 Å². The number of fused-ring (bicyclic) bond motifs is 2. The van der Waals surface area contributed by atoms with Crippen LogP contribution in [-0.2, 0) is 0 Å². The first-order chi connectivity index (χ1) is 9.40. The van der Waals surface area contributed by atoms with E-state index in [2.05, 4.69) is 14.9 Å². The van der Waals surface area contributed by atoms with E-state index in [0.717, 1.165) is 41.6 Å². The zero-order valence-electron chi connectivity index (χ0n) is 10.8. The summed E-state index contributed by atoms with van der Waals surface area (Å²) in [6, 6.07) is 3.96. The molecular formula is C14H17N3O2. The number of imidazole rings is 1. The minimum atomic E-state index is 0.613. The lowest BCUT2D eigenvalue weighted by Gasteiger charge is -2.25. The van der Waals surface area contributed by atoms with Crippen LogP contribution in [0, 0.1) is 0 Å². The van der Waals surface area contributed by atoms with Crippen molar-refractivity contribution in [2.45, 2.75) is 19.3 Å². The molecule has 5 nitrogen and oxygen atoms in total. The van der Waals surface area contributed by atoms with Gasteiger partial charge in [0.15, 0.2) is 11.5 Å². The number of rotatable bonds is 1. The van der Waals surface area contributed by atoms with Crippen LogP contribution < -0.4 is 14.4 Å². The van der Waals surface area contributed by atoms with Crippen molar-refractivity contribution in [1.29, 1.82) is 0 Å². The highest BCUT2D eigenvalue weighted by atomic mass is 16.6. The van der Waals surface area contributed by atoms with Crippen LogP contribution >= 0.6 is 0 Å². The highest BCUT2D eigenvalue weighted by Crippen LogP contribution is 2.34. The zero-order valence-corrected chi connectivity index (χ0v) is 10.8. The van der Waals surface area contributed by atoms with Gasteiger partial charge in [0.1, 0.15) is 13.2 Å². The van der Waals surface area contributed by atoms with Gasteiger partial charge < -0.3 is 19.4 Å². The molecule has 2 aliphatic rings. The monoisotopic (exact) mass is 259 g/mol. The maximum absolute atomic E-state index is 5.60. The Labute approximate surface area is 111 Å². The number of nitrogens with one attached hydrogen (secondary N) is 1. The summed E-state index contributed by atoms with van der Waals surface area (Å²) < 4.78 is 11.2. The van der Waals surface area contributed by atoms with Crippen molar-refractivity contribution in [3.63, 3.8) is 0 Å². The second-order valence-electron chi connectivity index (χ2n) is 5.12. The van der Waals surface area contributed by atoms with Crippen molar-refractivity contribution in [2.24, 2.45) is 0 Å². The topological polar surface area (TPSA) is 50.4 Å². The third kappa shape index (κ3) is 1.89. The van der Waals surface area contributed by atoms with Gasteiger partial charge in [-0.1, -0.05) is 0 Å². The van der Waals surface area contributed by atoms with Crippen molar-refractivity contribution < 1.29 is 9.47 Å². The fourth-order valence-corrected chi connectivity index (χ4v) is 2.79. The molecule has 0 amide bonds. The molecule has 0 saturated carbocycles. The molecular weight excluding hydrogens is 242 g/mol. The average Bonchev–Trinajstić information content (AvgIpc) is 2.88. The van der Waals surface area contributed by atoms with E-state index >= 15 is 0 Å². The van der Waals surface area contributed by atoms with E-state index in [-0.39, 0.29) is 0 Å². The Bertz CT molecular complexity index is 559. The molecule has 3 heterocycles. The summed E-state index contributed by atoms with van der Waals surface area (Å²) in [5.74, 6) is 2.58. The van der Waals surface area contributed by atoms with Crippen molar-refractivity contribution in [2.75, 3.05) is 31.2 Å². The molecule has 0 atom stereocenters. The largest absolute Gasteiger partial charge is 0.486 e. The van der Waals surface area contributed by atoms with Gasteiger partial charge in [-0.05, 0) is 19.3 Å². The van der Waals surface area contributed by atoms with Crippen molar-refractivity contribution in [3.05, 3.63) is 12.1 Å². The number of nitrogens with zero attached hydrogens (tertiary/aromatic N) is 2. The number of hydrogen-bond acceptors (Lipinski definition) is 4. The van der Waals surface area contributed by atoms with Gasteiger partial charge in [0.2, 0.25) is 5.95 Å². The maximum atomic E-state index is 5.60. The lowest BCUT2D eigenvalue weighted by molar-refractivity contribution is 0.172. The molecule has 1 N–H and O–H groups in total. The van der Waals surface area contributed by atoms with Gasteiger partial charge in [0.25, 0.3) is 0 Å². The van der Waals surface area contributed by atoms with Crippen LogP contribution in [0.4, 0.5) is 5.95 Å². The van der Waals surface area contributed by atoms with E-state index in [1.54, 1.807) is 0 Å². The van der Waals surface area contributed by atoms with Crippen LogP contribution in [0.2, 0.25) is 0 Å². The Morgan fingerprint density at radius 2 is 1.74 bits per heavy atom. The van der Waals surface area contributed by atoms with Gasteiger partial charge in [-0.2, -0.15) is 0 Å². The summed E-state index contributed by atoms with van der Waals surface area (Å²) in [4.78, 5) is 10.4. The Morgan fingerprint density at radius 3 is 2.53 bits per heavy atom. The number of hydrogen-bond donors (Lipinski definition) is 1. The molecule has 1 aromatic carbocycles. The number of ether oxygens (including phenoxy) is 2. The first-order valence-electron chi connectivity index (χ1n) is 6.94. The standard InChI is InChI=1S/C14H17N3O2/c1-2-4-17(5-3-1)14-15-10-8-12-13(9-11(10)16-14)19-7-6-18-12/h8-9H,1-7H2,(H,15,16). The molecule has 4 rings (SSSR count). The van der Waals surface area contributed by atoms with E-state index in [9.17, 15) is 0 Å². The Kier molecular flexibility index (Phi) is 2.50. The molecule has 1 aromatic heterocycles. The van der Waals surface area contributed by atoms with Gasteiger partial charge in [-0.25, -0.2) is 4.98 Å². The van der Waals surface area contributed by atoms with E-state index in [1.807, 2.05) is 12.1 Å². The predicted octanol–water partition coefficient (Wildman–Crippen LogP) is 2.32. The van der Waals surface area contributed by atoms with Crippen LogP contribution in [-0.4, -0.2) is 36.3 Å². The normalized spacial score (nSPS) is 18.8. The second-order valence-corrected chi connectivity index (χ2v) is 5.12. The maximum Gasteiger partial charge on any atom is 0.203 e.